The van der Waals surface area contributed by atoms with Crippen LogP contribution in [0.2, 0.25) is 0 Å². The van der Waals surface area contributed by atoms with Crippen molar-refractivity contribution in [2.24, 2.45) is 29.1 Å². The van der Waals surface area contributed by atoms with E-state index in [4.69, 9.17) is 0 Å². The van der Waals surface area contributed by atoms with E-state index >= 15 is 4.39 Å². The van der Waals surface area contributed by atoms with Gasteiger partial charge in [0.1, 0.15) is 30.1 Å². The third kappa shape index (κ3) is 4.02. The summed E-state index contributed by atoms with van der Waals surface area (Å²) < 4.78 is 29.9. The summed E-state index contributed by atoms with van der Waals surface area (Å²) in [7, 11) is 0. The number of aromatic nitrogens is 1. The number of rotatable bonds is 4. The van der Waals surface area contributed by atoms with Crippen LogP contribution in [-0.4, -0.2) is 81.5 Å². The summed E-state index contributed by atoms with van der Waals surface area (Å²) >= 11 is 0. The van der Waals surface area contributed by atoms with Gasteiger partial charge in [0.25, 0.3) is 5.91 Å². The van der Waals surface area contributed by atoms with Gasteiger partial charge in [-0.1, -0.05) is 26.8 Å². The molecule has 5 fully saturated rings. The maximum absolute atomic E-state index is 15.2. The Labute approximate surface area is 248 Å². The molecule has 4 amide bonds. The number of alkyl halides is 2. The summed E-state index contributed by atoms with van der Waals surface area (Å²) in [6.07, 6.45) is 1.75. The van der Waals surface area contributed by atoms with Crippen molar-refractivity contribution in [1.29, 1.82) is 5.26 Å². The second-order valence-corrected chi connectivity index (χ2v) is 14.6. The molecule has 0 aromatic carbocycles. The normalized spacial score (nSPS) is 37.1. The highest BCUT2D eigenvalue weighted by Gasteiger charge is 2.65. The number of hydrogen-bond donors (Lipinski definition) is 2. The van der Waals surface area contributed by atoms with E-state index in [9.17, 15) is 28.8 Å². The number of nitrogens with one attached hydrogen (secondary N) is 2. The van der Waals surface area contributed by atoms with Crippen molar-refractivity contribution in [1.82, 2.24) is 20.1 Å². The van der Waals surface area contributed by atoms with Crippen molar-refractivity contribution < 1.29 is 28.0 Å². The molecular weight excluding hydrogens is 558 g/mol. The predicted octanol–water partition coefficient (Wildman–Crippen LogP) is 2.25. The first-order valence-corrected chi connectivity index (χ1v) is 15.2. The highest BCUT2D eigenvalue weighted by Crippen LogP contribution is 2.59. The fourth-order valence-electron chi connectivity index (χ4n) is 8.68. The van der Waals surface area contributed by atoms with Crippen LogP contribution in [0, 0.1) is 40.4 Å². The van der Waals surface area contributed by atoms with Gasteiger partial charge in [-0.05, 0) is 60.8 Å². The molecule has 12 heteroatoms. The van der Waals surface area contributed by atoms with Crippen LogP contribution in [0.5, 0.6) is 0 Å². The van der Waals surface area contributed by atoms with Gasteiger partial charge < -0.3 is 20.4 Å². The zero-order chi connectivity index (χ0) is 30.6. The molecule has 9 unspecified atom stereocenters. The van der Waals surface area contributed by atoms with Crippen molar-refractivity contribution in [3.63, 3.8) is 0 Å². The molecule has 0 radical (unpaired) electrons. The van der Waals surface area contributed by atoms with Gasteiger partial charge in [0.05, 0.1) is 11.5 Å². The Morgan fingerprint density at radius 3 is 2.63 bits per heavy atom. The minimum Gasteiger partial charge on any atom is -0.341 e. The molecule has 3 saturated carbocycles. The van der Waals surface area contributed by atoms with Gasteiger partial charge in [-0.15, -0.1) is 0 Å². The van der Waals surface area contributed by atoms with E-state index in [0.717, 1.165) is 0 Å². The van der Waals surface area contributed by atoms with E-state index in [-0.39, 0.29) is 50.1 Å². The summed E-state index contributed by atoms with van der Waals surface area (Å²) in [5.41, 5.74) is -3.34. The lowest BCUT2D eigenvalue weighted by Crippen LogP contribution is -2.60. The molecule has 2 bridgehead atoms. The molecule has 228 valence electrons. The van der Waals surface area contributed by atoms with E-state index in [0.29, 0.717) is 24.2 Å². The molecule has 9 atom stereocenters. The molecule has 1 spiro atoms. The molecule has 7 rings (SSSR count). The van der Waals surface area contributed by atoms with Gasteiger partial charge in [-0.2, -0.15) is 5.26 Å². The number of fused-ring (bicyclic) bond motifs is 7. The summed E-state index contributed by atoms with van der Waals surface area (Å²) in [6, 6.07) is 2.54. The van der Waals surface area contributed by atoms with Gasteiger partial charge in [0, 0.05) is 31.3 Å². The van der Waals surface area contributed by atoms with Crippen molar-refractivity contribution in [2.45, 2.75) is 88.3 Å². The number of carbonyl (C=O) groups is 4. The van der Waals surface area contributed by atoms with Gasteiger partial charge >= 0.3 is 0 Å². The SMILES string of the molecule is CC(C)(C)C(NC(=O)C1(F)CC1)C(=O)N1CC2C3CC(F)C(C3)C2C1C(=O)N1CC2(CC1C#N)C(=O)Nc1ncccc12. The average Bonchev–Trinajstić information content (AvgIpc) is 3.38. The molecule has 1 aromatic heterocycles. The average molecular weight is 595 g/mol. The topological polar surface area (TPSA) is 136 Å². The molecule has 43 heavy (non-hydrogen) atoms. The summed E-state index contributed by atoms with van der Waals surface area (Å²) in [6.45, 7) is 5.45. The van der Waals surface area contributed by atoms with Crippen LogP contribution in [0.1, 0.15) is 58.4 Å². The van der Waals surface area contributed by atoms with Crippen LogP contribution in [-0.2, 0) is 24.6 Å². The van der Waals surface area contributed by atoms with Crippen molar-refractivity contribution in [2.75, 3.05) is 18.4 Å². The monoisotopic (exact) mass is 594 g/mol. The predicted molar refractivity (Wildman–Crippen MR) is 148 cm³/mol. The molecule has 3 aliphatic carbocycles. The number of amides is 4. The molecule has 3 aliphatic heterocycles. The van der Waals surface area contributed by atoms with E-state index in [1.165, 1.54) is 9.80 Å². The van der Waals surface area contributed by atoms with Gasteiger partial charge in [0.15, 0.2) is 5.67 Å². The standard InChI is InChI=1S/C31H36F2N6O4/c1-29(2,3)23(36-28(43)31(33)6-7-31)26(41)38-13-18-15-9-17(20(32)10-15)21(18)22(38)25(40)39-14-30(11-16(39)12-34)19-5-4-8-35-24(19)37-27(30)42/h4-5,8,15-18,20-23H,6-7,9-11,13-14H2,1-3H3,(H,36,43)(H,35,37,42). The molecule has 1 aromatic rings. The van der Waals surface area contributed by atoms with Crippen LogP contribution in [0.4, 0.5) is 14.6 Å². The van der Waals surface area contributed by atoms with Gasteiger partial charge in [0.2, 0.25) is 17.7 Å². The highest BCUT2D eigenvalue weighted by molar-refractivity contribution is 6.06. The summed E-state index contributed by atoms with van der Waals surface area (Å²) in [5.74, 6) is -2.70. The van der Waals surface area contributed by atoms with Crippen LogP contribution < -0.4 is 10.6 Å². The third-order valence-electron chi connectivity index (χ3n) is 11.1. The van der Waals surface area contributed by atoms with Crippen LogP contribution >= 0.6 is 0 Å². The Morgan fingerprint density at radius 1 is 1.21 bits per heavy atom. The number of pyridine rings is 1. The number of hydrogen-bond acceptors (Lipinski definition) is 6. The number of nitriles is 1. The van der Waals surface area contributed by atoms with E-state index in [1.54, 1.807) is 39.1 Å². The molecule has 10 nitrogen and oxygen atoms in total. The van der Waals surface area contributed by atoms with E-state index in [1.807, 2.05) is 0 Å². The minimum absolute atomic E-state index is 0.0246. The first-order chi connectivity index (χ1) is 20.3. The van der Waals surface area contributed by atoms with Crippen molar-refractivity contribution >= 4 is 29.4 Å². The zero-order valence-corrected chi connectivity index (χ0v) is 24.5. The largest absolute Gasteiger partial charge is 0.341 e. The number of halogens is 2. The summed E-state index contributed by atoms with van der Waals surface area (Å²) in [4.78, 5) is 62.2. The number of anilines is 1. The summed E-state index contributed by atoms with van der Waals surface area (Å²) in [5, 5.41) is 15.6. The number of likely N-dealkylation sites (tertiary alicyclic amines) is 2. The van der Waals surface area contributed by atoms with Crippen LogP contribution in [0.25, 0.3) is 0 Å². The lowest BCUT2D eigenvalue weighted by Gasteiger charge is -2.38. The molecule has 2 saturated heterocycles. The Kier molecular flexibility index (Phi) is 6.02. The fourth-order valence-corrected chi connectivity index (χ4v) is 8.68. The number of nitrogens with zero attached hydrogens (tertiary/aromatic N) is 4. The minimum atomic E-state index is -1.99. The maximum Gasteiger partial charge on any atom is 0.258 e. The number of carbonyl (C=O) groups excluding carboxylic acids is 4. The van der Waals surface area contributed by atoms with Crippen LogP contribution in [0.3, 0.4) is 0 Å². The second kappa shape index (κ2) is 9.19. The smallest absolute Gasteiger partial charge is 0.258 e. The molecule has 2 N–H and O–H groups in total. The zero-order valence-electron chi connectivity index (χ0n) is 24.5. The van der Waals surface area contributed by atoms with E-state index in [2.05, 4.69) is 21.7 Å². The maximum atomic E-state index is 15.2. The lowest BCUT2D eigenvalue weighted by atomic mass is 9.77. The van der Waals surface area contributed by atoms with Crippen molar-refractivity contribution in [3.05, 3.63) is 23.9 Å². The second-order valence-electron chi connectivity index (χ2n) is 14.6. The first kappa shape index (κ1) is 28.2. The molecule has 6 aliphatic rings. The van der Waals surface area contributed by atoms with E-state index < -0.39 is 70.4 Å². The Balaban J connectivity index is 1.24. The van der Waals surface area contributed by atoms with Gasteiger partial charge in [-0.25, -0.2) is 13.8 Å². The first-order valence-electron chi connectivity index (χ1n) is 15.2. The lowest BCUT2D eigenvalue weighted by molar-refractivity contribution is -0.149. The quantitative estimate of drug-likeness (QED) is 0.549. The fraction of sp³-hybridized carbons (Fsp3) is 0.677. The Morgan fingerprint density at radius 2 is 1.95 bits per heavy atom. The van der Waals surface area contributed by atoms with Crippen LogP contribution in [0.15, 0.2) is 18.3 Å². The Bertz CT molecular complexity index is 1470. The highest BCUT2D eigenvalue weighted by atomic mass is 19.1. The Hall–Kier alpha value is -3.62. The molecular formula is C31H36F2N6O4. The molecule has 4 heterocycles. The van der Waals surface area contributed by atoms with Gasteiger partial charge in [-0.3, -0.25) is 19.2 Å². The van der Waals surface area contributed by atoms with Crippen molar-refractivity contribution in [3.8, 4) is 6.07 Å². The third-order valence-corrected chi connectivity index (χ3v) is 11.1.